The number of ether oxygens (including phenoxy) is 1. The third kappa shape index (κ3) is 5.31. The maximum Gasteiger partial charge on any atom is 0.308 e. The summed E-state index contributed by atoms with van der Waals surface area (Å²) in [5.74, 6) is -2.07. The van der Waals surface area contributed by atoms with Crippen molar-refractivity contribution < 1.29 is 23.8 Å². The van der Waals surface area contributed by atoms with Crippen molar-refractivity contribution >= 4 is 11.9 Å². The fraction of sp³-hybridized carbons (Fsp3) is 0.300. The van der Waals surface area contributed by atoms with Crippen LogP contribution in [0.2, 0.25) is 0 Å². The predicted octanol–water partition coefficient (Wildman–Crippen LogP) is 3.21. The van der Waals surface area contributed by atoms with Gasteiger partial charge in [-0.1, -0.05) is 18.2 Å². The zero-order valence-corrected chi connectivity index (χ0v) is 14.8. The molecule has 2 aromatic carbocycles. The number of hydrogen-bond acceptors (Lipinski definition) is 3. The lowest BCUT2D eigenvalue weighted by Crippen LogP contribution is -2.34. The number of amides is 1. The van der Waals surface area contributed by atoms with Crippen molar-refractivity contribution in [2.75, 3.05) is 13.2 Å². The highest BCUT2D eigenvalue weighted by Gasteiger charge is 2.20. The summed E-state index contributed by atoms with van der Waals surface area (Å²) in [4.78, 5) is 23.7. The van der Waals surface area contributed by atoms with Gasteiger partial charge in [-0.3, -0.25) is 9.59 Å². The van der Waals surface area contributed by atoms with Crippen molar-refractivity contribution in [2.24, 2.45) is 5.92 Å². The van der Waals surface area contributed by atoms with Gasteiger partial charge in [-0.15, -0.1) is 0 Å². The molecule has 0 aliphatic carbocycles. The fourth-order valence-corrected chi connectivity index (χ4v) is 2.57. The minimum Gasteiger partial charge on any atom is -0.494 e. The van der Waals surface area contributed by atoms with Gasteiger partial charge >= 0.3 is 5.97 Å². The molecule has 6 heteroatoms. The second kappa shape index (κ2) is 8.99. The van der Waals surface area contributed by atoms with E-state index in [9.17, 15) is 19.1 Å². The van der Waals surface area contributed by atoms with Gasteiger partial charge in [-0.25, -0.2) is 4.39 Å². The summed E-state index contributed by atoms with van der Waals surface area (Å²) in [5, 5.41) is 12.0. The summed E-state index contributed by atoms with van der Waals surface area (Å²) in [7, 11) is 0. The normalized spacial score (nSPS) is 11.7. The quantitative estimate of drug-likeness (QED) is 0.759. The molecule has 0 heterocycles. The first-order chi connectivity index (χ1) is 12.4. The molecule has 0 fully saturated rings. The molecule has 0 saturated carbocycles. The Morgan fingerprint density at radius 2 is 1.88 bits per heavy atom. The molecule has 0 aromatic heterocycles. The number of aryl methyl sites for hydroxylation is 1. The van der Waals surface area contributed by atoms with Crippen LogP contribution in [-0.2, 0) is 11.2 Å². The Labute approximate surface area is 151 Å². The van der Waals surface area contributed by atoms with Crippen molar-refractivity contribution in [1.29, 1.82) is 0 Å². The summed E-state index contributed by atoms with van der Waals surface area (Å²) in [5.41, 5.74) is 1.66. The number of nitrogens with one attached hydrogen (secondary N) is 1. The van der Waals surface area contributed by atoms with E-state index in [2.05, 4.69) is 5.32 Å². The van der Waals surface area contributed by atoms with Crippen LogP contribution in [0.15, 0.2) is 42.5 Å². The van der Waals surface area contributed by atoms with Crippen LogP contribution < -0.4 is 10.1 Å². The summed E-state index contributed by atoms with van der Waals surface area (Å²) in [6.07, 6.45) is 0.268. The molecule has 0 aliphatic rings. The average molecular weight is 359 g/mol. The van der Waals surface area contributed by atoms with Crippen molar-refractivity contribution in [1.82, 2.24) is 5.32 Å². The Morgan fingerprint density at radius 3 is 2.50 bits per heavy atom. The number of carboxylic acids is 1. The summed E-state index contributed by atoms with van der Waals surface area (Å²) in [6, 6.07) is 11.1. The van der Waals surface area contributed by atoms with Gasteiger partial charge in [-0.05, 0) is 55.7 Å². The molecule has 0 aliphatic heterocycles. The highest BCUT2D eigenvalue weighted by Crippen LogP contribution is 2.16. The first-order valence-electron chi connectivity index (χ1n) is 8.39. The van der Waals surface area contributed by atoms with Gasteiger partial charge in [0.25, 0.3) is 5.91 Å². The molecule has 2 N–H and O–H groups in total. The van der Waals surface area contributed by atoms with E-state index in [-0.39, 0.29) is 18.5 Å². The van der Waals surface area contributed by atoms with Crippen molar-refractivity contribution in [3.8, 4) is 5.75 Å². The summed E-state index contributed by atoms with van der Waals surface area (Å²) in [6.45, 7) is 4.10. The lowest BCUT2D eigenvalue weighted by atomic mass is 9.99. The van der Waals surface area contributed by atoms with Crippen LogP contribution in [0.1, 0.15) is 28.4 Å². The van der Waals surface area contributed by atoms with Crippen LogP contribution in [0.3, 0.4) is 0 Å². The van der Waals surface area contributed by atoms with Gasteiger partial charge in [0.15, 0.2) is 0 Å². The van der Waals surface area contributed by atoms with Gasteiger partial charge in [-0.2, -0.15) is 0 Å². The first kappa shape index (κ1) is 19.4. The molecule has 26 heavy (non-hydrogen) atoms. The third-order valence-corrected chi connectivity index (χ3v) is 4.02. The standard InChI is InChI=1S/C20H22FNO4/c1-3-26-17-8-5-14(6-9-17)10-15(20(24)25)12-22-19(23)18-11-16(21)7-4-13(18)2/h4-9,11,15H,3,10,12H2,1-2H3,(H,22,23)(H,24,25). The first-order valence-corrected chi connectivity index (χ1v) is 8.39. The second-order valence-corrected chi connectivity index (χ2v) is 5.99. The maximum absolute atomic E-state index is 13.3. The number of hydrogen-bond donors (Lipinski definition) is 2. The smallest absolute Gasteiger partial charge is 0.308 e. The highest BCUT2D eigenvalue weighted by atomic mass is 19.1. The zero-order valence-electron chi connectivity index (χ0n) is 14.8. The molecule has 0 spiro atoms. The lowest BCUT2D eigenvalue weighted by Gasteiger charge is -2.15. The largest absolute Gasteiger partial charge is 0.494 e. The molecule has 5 nitrogen and oxygen atoms in total. The van der Waals surface area contributed by atoms with Crippen molar-refractivity contribution in [2.45, 2.75) is 20.3 Å². The molecular formula is C20H22FNO4. The Bertz CT molecular complexity index is 774. The second-order valence-electron chi connectivity index (χ2n) is 5.99. The third-order valence-electron chi connectivity index (χ3n) is 4.02. The van der Waals surface area contributed by atoms with Crippen molar-refractivity contribution in [3.63, 3.8) is 0 Å². The summed E-state index contributed by atoms with van der Waals surface area (Å²) >= 11 is 0. The van der Waals surface area contributed by atoms with Gasteiger partial charge in [0, 0.05) is 12.1 Å². The molecule has 1 atom stereocenters. The van der Waals surface area contributed by atoms with E-state index in [0.29, 0.717) is 12.2 Å². The lowest BCUT2D eigenvalue weighted by molar-refractivity contribution is -0.141. The Morgan fingerprint density at radius 1 is 1.19 bits per heavy atom. The molecule has 0 bridgehead atoms. The number of benzene rings is 2. The summed E-state index contributed by atoms with van der Waals surface area (Å²) < 4.78 is 18.7. The fourth-order valence-electron chi connectivity index (χ4n) is 2.57. The van der Waals surface area contributed by atoms with E-state index in [0.717, 1.165) is 17.4 Å². The Hall–Kier alpha value is -2.89. The van der Waals surface area contributed by atoms with Crippen LogP contribution in [0.25, 0.3) is 0 Å². The molecule has 1 amide bonds. The van der Waals surface area contributed by atoms with Crippen LogP contribution in [0, 0.1) is 18.7 Å². The molecular weight excluding hydrogens is 337 g/mol. The molecule has 0 saturated heterocycles. The predicted molar refractivity (Wildman–Crippen MR) is 95.9 cm³/mol. The molecule has 0 radical (unpaired) electrons. The van der Waals surface area contributed by atoms with Gasteiger partial charge in [0.05, 0.1) is 12.5 Å². The minimum atomic E-state index is -1.00. The Balaban J connectivity index is 2.00. The van der Waals surface area contributed by atoms with Gasteiger partial charge < -0.3 is 15.2 Å². The van der Waals surface area contributed by atoms with E-state index in [1.165, 1.54) is 12.1 Å². The highest BCUT2D eigenvalue weighted by molar-refractivity contribution is 5.95. The molecule has 2 aromatic rings. The SMILES string of the molecule is CCOc1ccc(CC(CNC(=O)c2cc(F)ccc2C)C(=O)O)cc1. The average Bonchev–Trinajstić information content (AvgIpc) is 2.61. The van der Waals surface area contributed by atoms with Crippen molar-refractivity contribution in [3.05, 3.63) is 65.0 Å². The molecule has 2 rings (SSSR count). The number of carbonyl (C=O) groups excluding carboxylic acids is 1. The van der Waals surface area contributed by atoms with Crippen LogP contribution >= 0.6 is 0 Å². The van der Waals surface area contributed by atoms with E-state index >= 15 is 0 Å². The monoisotopic (exact) mass is 359 g/mol. The Kier molecular flexibility index (Phi) is 6.72. The number of aliphatic carboxylic acids is 1. The van der Waals surface area contributed by atoms with Crippen LogP contribution in [-0.4, -0.2) is 30.1 Å². The zero-order chi connectivity index (χ0) is 19.1. The van der Waals surface area contributed by atoms with Gasteiger partial charge in [0.2, 0.25) is 0 Å². The number of halogens is 1. The maximum atomic E-state index is 13.3. The van der Waals surface area contributed by atoms with Crippen LogP contribution in [0.4, 0.5) is 4.39 Å². The van der Waals surface area contributed by atoms with E-state index in [1.54, 1.807) is 31.2 Å². The van der Waals surface area contributed by atoms with Crippen LogP contribution in [0.5, 0.6) is 5.75 Å². The minimum absolute atomic E-state index is 0.0443. The molecule has 138 valence electrons. The van der Waals surface area contributed by atoms with E-state index in [4.69, 9.17) is 4.74 Å². The van der Waals surface area contributed by atoms with Gasteiger partial charge in [0.1, 0.15) is 11.6 Å². The number of rotatable bonds is 8. The number of carbonyl (C=O) groups is 2. The molecule has 1 unspecified atom stereocenters. The van der Waals surface area contributed by atoms with E-state index in [1.807, 2.05) is 6.92 Å². The number of carboxylic acid groups (broad SMARTS) is 1. The topological polar surface area (TPSA) is 75.6 Å². The van der Waals surface area contributed by atoms with E-state index < -0.39 is 23.6 Å².